The highest BCUT2D eigenvalue weighted by atomic mass is 16.6. The fourth-order valence-corrected chi connectivity index (χ4v) is 3.77. The molecule has 1 aliphatic heterocycles. The molecule has 9 heteroatoms. The summed E-state index contributed by atoms with van der Waals surface area (Å²) >= 11 is 0. The highest BCUT2D eigenvalue weighted by Gasteiger charge is 2.57. The fraction of sp³-hybridized carbons (Fsp3) is 0.389. The number of hydrogen-bond donors (Lipinski definition) is 3. The Balaban J connectivity index is 1.92. The Bertz CT molecular complexity index is 934. The molecule has 0 radical (unpaired) electrons. The van der Waals surface area contributed by atoms with E-state index in [-0.39, 0.29) is 12.4 Å². The molecule has 3 aromatic rings. The molecule has 1 aliphatic rings. The summed E-state index contributed by atoms with van der Waals surface area (Å²) in [5.41, 5.74) is 6.62. The van der Waals surface area contributed by atoms with Crippen LogP contribution in [0.1, 0.15) is 5.56 Å². The Morgan fingerprint density at radius 1 is 1.26 bits per heavy atom. The first-order chi connectivity index (χ1) is 13.1. The van der Waals surface area contributed by atoms with Crippen LogP contribution in [0.2, 0.25) is 0 Å². The first-order valence-electron chi connectivity index (χ1n) is 8.58. The van der Waals surface area contributed by atoms with Gasteiger partial charge in [-0.15, -0.1) is 0 Å². The van der Waals surface area contributed by atoms with Crippen molar-refractivity contribution in [3.8, 4) is 0 Å². The van der Waals surface area contributed by atoms with Crippen LogP contribution in [-0.4, -0.2) is 61.8 Å². The molecule has 0 spiro atoms. The maximum absolute atomic E-state index is 10.7. The maximum Gasteiger partial charge on any atom is 0.180 e. The number of hydrogen-bond acceptors (Lipinski definition) is 8. The fourth-order valence-electron chi connectivity index (χ4n) is 3.77. The first kappa shape index (κ1) is 17.8. The summed E-state index contributed by atoms with van der Waals surface area (Å²) in [7, 11) is 1.50. The third-order valence-corrected chi connectivity index (χ3v) is 4.99. The predicted octanol–water partition coefficient (Wildman–Crippen LogP) is 0.0710. The minimum atomic E-state index is -1.17. The van der Waals surface area contributed by atoms with E-state index in [9.17, 15) is 10.2 Å². The average molecular weight is 371 g/mol. The lowest BCUT2D eigenvalue weighted by Gasteiger charge is -2.35. The number of imidazole rings is 1. The van der Waals surface area contributed by atoms with Crippen molar-refractivity contribution in [2.75, 3.05) is 19.5 Å². The number of aliphatic hydroxyl groups is 2. The number of benzene rings is 1. The number of aliphatic hydroxyl groups excluding tert-OH is 2. The molecule has 4 N–H and O–H groups in total. The van der Waals surface area contributed by atoms with Gasteiger partial charge in [-0.1, -0.05) is 30.3 Å². The Morgan fingerprint density at radius 3 is 2.74 bits per heavy atom. The Labute approximate surface area is 155 Å². The Morgan fingerprint density at radius 2 is 2.04 bits per heavy atom. The summed E-state index contributed by atoms with van der Waals surface area (Å²) in [4.78, 5) is 12.6. The number of fused-ring (bicyclic) bond motifs is 1. The monoisotopic (exact) mass is 371 g/mol. The average Bonchev–Trinajstić information content (AvgIpc) is 3.23. The van der Waals surface area contributed by atoms with Crippen LogP contribution < -0.4 is 5.73 Å². The van der Waals surface area contributed by atoms with E-state index in [2.05, 4.69) is 15.0 Å². The molecule has 0 amide bonds. The van der Waals surface area contributed by atoms with Crippen LogP contribution in [0, 0.1) is 0 Å². The molecule has 1 saturated heterocycles. The lowest BCUT2D eigenvalue weighted by molar-refractivity contribution is -0.152. The van der Waals surface area contributed by atoms with Crippen LogP contribution in [0.4, 0.5) is 5.82 Å². The van der Waals surface area contributed by atoms with Crippen molar-refractivity contribution in [3.05, 3.63) is 48.5 Å². The van der Waals surface area contributed by atoms with Gasteiger partial charge in [-0.3, -0.25) is 4.57 Å². The van der Waals surface area contributed by atoms with Gasteiger partial charge in [0.25, 0.3) is 0 Å². The number of rotatable bonds is 5. The van der Waals surface area contributed by atoms with Crippen molar-refractivity contribution in [2.45, 2.75) is 30.5 Å². The van der Waals surface area contributed by atoms with Gasteiger partial charge in [0.05, 0.1) is 12.9 Å². The van der Waals surface area contributed by atoms with Gasteiger partial charge in [0.1, 0.15) is 30.2 Å². The highest BCUT2D eigenvalue weighted by Crippen LogP contribution is 2.41. The molecule has 0 saturated carbocycles. The number of aromatic nitrogens is 4. The zero-order valence-corrected chi connectivity index (χ0v) is 14.8. The molecule has 142 valence electrons. The smallest absolute Gasteiger partial charge is 0.180 e. The van der Waals surface area contributed by atoms with E-state index in [0.29, 0.717) is 17.6 Å². The van der Waals surface area contributed by atoms with Crippen molar-refractivity contribution in [1.29, 1.82) is 0 Å². The zero-order chi connectivity index (χ0) is 19.0. The first-order valence-corrected chi connectivity index (χ1v) is 8.58. The molecule has 4 atom stereocenters. The minimum Gasteiger partial charge on any atom is -0.394 e. The molecule has 2 aromatic heterocycles. The van der Waals surface area contributed by atoms with Crippen LogP contribution >= 0.6 is 0 Å². The summed E-state index contributed by atoms with van der Waals surface area (Å²) in [6, 6.07) is 9.68. The molecule has 3 heterocycles. The molecule has 0 aliphatic carbocycles. The normalized spacial score (nSPS) is 28.0. The van der Waals surface area contributed by atoms with Gasteiger partial charge >= 0.3 is 0 Å². The summed E-state index contributed by atoms with van der Waals surface area (Å²) in [5.74, 6) is 0.250. The second kappa shape index (κ2) is 6.86. The van der Waals surface area contributed by atoms with E-state index in [4.69, 9.17) is 15.2 Å². The molecule has 9 nitrogen and oxygen atoms in total. The van der Waals surface area contributed by atoms with E-state index in [1.807, 2.05) is 30.3 Å². The van der Waals surface area contributed by atoms with Crippen molar-refractivity contribution in [2.24, 2.45) is 0 Å². The highest BCUT2D eigenvalue weighted by molar-refractivity contribution is 5.81. The van der Waals surface area contributed by atoms with Gasteiger partial charge in [0, 0.05) is 13.5 Å². The van der Waals surface area contributed by atoms with E-state index in [1.54, 1.807) is 10.9 Å². The third-order valence-electron chi connectivity index (χ3n) is 4.99. The van der Waals surface area contributed by atoms with E-state index in [1.165, 1.54) is 13.4 Å². The maximum atomic E-state index is 10.7. The van der Waals surface area contributed by atoms with Crippen molar-refractivity contribution >= 4 is 17.0 Å². The topological polar surface area (TPSA) is 129 Å². The predicted molar refractivity (Wildman–Crippen MR) is 96.6 cm³/mol. The molecular weight excluding hydrogens is 350 g/mol. The second-order valence-electron chi connectivity index (χ2n) is 6.54. The van der Waals surface area contributed by atoms with Gasteiger partial charge in [-0.25, -0.2) is 15.0 Å². The minimum absolute atomic E-state index is 0.250. The zero-order valence-electron chi connectivity index (χ0n) is 14.8. The quantitative estimate of drug-likeness (QED) is 0.575. The van der Waals surface area contributed by atoms with Crippen molar-refractivity contribution < 1.29 is 19.7 Å². The Hall–Kier alpha value is -2.59. The number of ether oxygens (including phenoxy) is 2. The van der Waals surface area contributed by atoms with Gasteiger partial charge < -0.3 is 25.4 Å². The van der Waals surface area contributed by atoms with Crippen LogP contribution in [0.15, 0.2) is 43.0 Å². The van der Waals surface area contributed by atoms with Crippen molar-refractivity contribution in [1.82, 2.24) is 19.5 Å². The summed E-state index contributed by atoms with van der Waals surface area (Å²) in [6.07, 6.45) is 0.675. The van der Waals surface area contributed by atoms with Gasteiger partial charge in [-0.2, -0.15) is 0 Å². The number of anilines is 1. The lowest BCUT2D eigenvalue weighted by Crippen LogP contribution is -2.48. The van der Waals surface area contributed by atoms with Crippen molar-refractivity contribution in [3.63, 3.8) is 0 Å². The van der Waals surface area contributed by atoms with Crippen LogP contribution in [0.3, 0.4) is 0 Å². The summed E-state index contributed by atoms with van der Waals surface area (Å²) in [5, 5.41) is 20.4. The van der Waals surface area contributed by atoms with Crippen LogP contribution in [-0.2, 0) is 21.6 Å². The molecule has 0 bridgehead atoms. The van der Waals surface area contributed by atoms with E-state index >= 15 is 0 Å². The molecule has 1 fully saturated rings. The standard InChI is InChI=1S/C18H21N5O4/c1-26-15-14(25)12(8-24)27-18(15,7-11-5-3-2-4-6-11)23-10-22-13-16(19)20-9-21-17(13)23/h2-6,9-10,12,14-15,24-25H,7-8H2,1H3,(H2,19,20,21)/t12-,14-,15-,18-/m1/s1. The second-order valence-corrected chi connectivity index (χ2v) is 6.54. The van der Waals surface area contributed by atoms with Gasteiger partial charge in [0.2, 0.25) is 0 Å². The van der Waals surface area contributed by atoms with Gasteiger partial charge in [0.15, 0.2) is 17.2 Å². The van der Waals surface area contributed by atoms with E-state index < -0.39 is 24.0 Å². The molecule has 0 unspecified atom stereocenters. The van der Waals surface area contributed by atoms with Crippen LogP contribution in [0.25, 0.3) is 11.2 Å². The third kappa shape index (κ3) is 2.76. The summed E-state index contributed by atoms with van der Waals surface area (Å²) < 4.78 is 13.6. The molecule has 1 aromatic carbocycles. The number of nitrogens with zero attached hydrogens (tertiary/aromatic N) is 4. The van der Waals surface area contributed by atoms with E-state index in [0.717, 1.165) is 5.56 Å². The molecular formula is C18H21N5O4. The van der Waals surface area contributed by atoms with Gasteiger partial charge in [-0.05, 0) is 5.56 Å². The number of nitrogens with two attached hydrogens (primary N) is 1. The lowest BCUT2D eigenvalue weighted by atomic mass is 9.94. The molecule has 4 rings (SSSR count). The Kier molecular flexibility index (Phi) is 4.52. The SMILES string of the molecule is CO[C@@H]1[C@H](O)[C@@H](CO)O[C@@]1(Cc1ccccc1)n1cnc2c(N)ncnc21. The number of nitrogen functional groups attached to an aromatic ring is 1. The summed E-state index contributed by atoms with van der Waals surface area (Å²) in [6.45, 7) is -0.346. The van der Waals surface area contributed by atoms with Crippen LogP contribution in [0.5, 0.6) is 0 Å². The number of methoxy groups -OCH3 is 1. The largest absolute Gasteiger partial charge is 0.394 e. The molecule has 27 heavy (non-hydrogen) atoms.